The highest BCUT2D eigenvalue weighted by Gasteiger charge is 2.19. The predicted octanol–water partition coefficient (Wildman–Crippen LogP) is 22.4. The number of carbonyl (C=O) groups excluding carboxylic acids is 3. The van der Waals surface area contributed by atoms with Crippen LogP contribution in [0.1, 0.15) is 252 Å². The number of allylic oxidation sites excluding steroid dienone is 30. The molecule has 0 saturated heterocycles. The third-order valence-corrected chi connectivity index (χ3v) is 12.9. The zero-order chi connectivity index (χ0) is 58.5. The van der Waals surface area contributed by atoms with E-state index in [0.717, 1.165) is 161 Å². The van der Waals surface area contributed by atoms with Gasteiger partial charge in [0.05, 0.1) is 0 Å². The largest absolute Gasteiger partial charge is 0.462 e. The van der Waals surface area contributed by atoms with E-state index in [4.69, 9.17) is 14.2 Å². The summed E-state index contributed by atoms with van der Waals surface area (Å²) >= 11 is 0. The van der Waals surface area contributed by atoms with Crippen LogP contribution in [0, 0.1) is 0 Å². The molecule has 0 aromatic rings. The van der Waals surface area contributed by atoms with Gasteiger partial charge in [-0.3, -0.25) is 14.4 Å². The molecule has 6 heteroatoms. The smallest absolute Gasteiger partial charge is 0.306 e. The first-order chi connectivity index (χ1) is 40.0. The summed E-state index contributed by atoms with van der Waals surface area (Å²) in [5, 5.41) is 0. The standard InChI is InChI=1S/C75H116O6/c1-4-7-10-13-16-19-22-25-28-31-33-34-35-36-37-38-39-40-42-44-47-50-53-56-59-62-65-68-74(77)80-71-72(70-79-73(76)67-64-61-58-55-52-49-46-43-30-27-24-21-18-15-12-9-6-3)81-75(78)69-66-63-60-57-54-51-48-45-41-32-29-26-23-20-17-14-11-8-5-2/h7-12,16-21,25-30,33-34,36-37,39-41,45-46,49,55,58,72H,4-6,13-15,22-24,31-32,35,38,42-44,47-48,50-54,56-57,59-71H2,1-3H3/b10-7-,11-8-,12-9-,19-16-,20-17-,21-18-,28-25-,29-26-,30-27-,34-33-,37-36-,40-39-,45-41-,49-46-,58-55-. The SMILES string of the molecule is CC/C=C\C/C=C\C/C=C\C/C=C\C/C=C\C/C=C\CCCCCCCCCCC(=O)OCC(COC(=O)CCC/C=C\C/C=C\C/C=C\C/C=C\C/C=C\CC)OC(=O)CCCCCCCC/C=C\C/C=C\C/C=C\C/C=C\CC. The van der Waals surface area contributed by atoms with Gasteiger partial charge in [-0.2, -0.15) is 0 Å². The van der Waals surface area contributed by atoms with E-state index in [2.05, 4.69) is 203 Å². The molecule has 0 aliphatic carbocycles. The number of hydrogen-bond donors (Lipinski definition) is 0. The molecule has 0 fully saturated rings. The molecule has 0 radical (unpaired) electrons. The maximum Gasteiger partial charge on any atom is 0.306 e. The Kier molecular flexibility index (Phi) is 62.5. The molecule has 0 spiro atoms. The van der Waals surface area contributed by atoms with Crippen LogP contribution in [-0.4, -0.2) is 37.2 Å². The highest BCUT2D eigenvalue weighted by Crippen LogP contribution is 2.14. The summed E-state index contributed by atoms with van der Waals surface area (Å²) in [6, 6.07) is 0. The van der Waals surface area contributed by atoms with Crippen LogP contribution in [0.5, 0.6) is 0 Å². The molecular formula is C75H116O6. The lowest BCUT2D eigenvalue weighted by molar-refractivity contribution is -0.167. The normalized spacial score (nSPS) is 13.4. The molecule has 0 N–H and O–H groups in total. The summed E-state index contributed by atoms with van der Waals surface area (Å²) in [6.07, 6.45) is 100. The van der Waals surface area contributed by atoms with E-state index in [1.165, 1.54) is 44.9 Å². The molecule has 0 saturated carbocycles. The molecule has 1 atom stereocenters. The van der Waals surface area contributed by atoms with Crippen LogP contribution in [0.4, 0.5) is 0 Å². The predicted molar refractivity (Wildman–Crippen MR) is 352 cm³/mol. The second kappa shape index (κ2) is 67.0. The van der Waals surface area contributed by atoms with Crippen molar-refractivity contribution in [2.45, 2.75) is 258 Å². The summed E-state index contributed by atoms with van der Waals surface area (Å²) < 4.78 is 16.9. The van der Waals surface area contributed by atoms with E-state index in [-0.39, 0.29) is 44.0 Å². The van der Waals surface area contributed by atoms with Gasteiger partial charge in [0, 0.05) is 19.3 Å². The Labute approximate surface area is 497 Å². The van der Waals surface area contributed by atoms with Crippen LogP contribution in [0.3, 0.4) is 0 Å². The zero-order valence-corrected chi connectivity index (χ0v) is 51.7. The molecule has 1 unspecified atom stereocenters. The van der Waals surface area contributed by atoms with Crippen LogP contribution < -0.4 is 0 Å². The number of ether oxygens (including phenoxy) is 3. The molecule has 0 bridgehead atoms. The minimum atomic E-state index is -0.825. The van der Waals surface area contributed by atoms with E-state index in [1.54, 1.807) is 0 Å². The van der Waals surface area contributed by atoms with Crippen molar-refractivity contribution in [1.29, 1.82) is 0 Å². The Morgan fingerprint density at radius 1 is 0.247 bits per heavy atom. The monoisotopic (exact) mass is 1110 g/mol. The molecule has 0 aromatic heterocycles. The van der Waals surface area contributed by atoms with Crippen molar-refractivity contribution in [1.82, 2.24) is 0 Å². The molecule has 0 rings (SSSR count). The van der Waals surface area contributed by atoms with Gasteiger partial charge in [0.2, 0.25) is 0 Å². The molecule has 0 aliphatic heterocycles. The van der Waals surface area contributed by atoms with Crippen LogP contribution in [-0.2, 0) is 28.6 Å². The van der Waals surface area contributed by atoms with Gasteiger partial charge in [0.15, 0.2) is 6.10 Å². The molecule has 81 heavy (non-hydrogen) atoms. The van der Waals surface area contributed by atoms with E-state index < -0.39 is 6.10 Å². The fourth-order valence-corrected chi connectivity index (χ4v) is 8.18. The van der Waals surface area contributed by atoms with Crippen LogP contribution in [0.15, 0.2) is 182 Å². The van der Waals surface area contributed by atoms with Gasteiger partial charge in [0.25, 0.3) is 0 Å². The minimum Gasteiger partial charge on any atom is -0.462 e. The van der Waals surface area contributed by atoms with Crippen molar-refractivity contribution in [3.63, 3.8) is 0 Å². The quantitative estimate of drug-likeness (QED) is 0.0261. The number of carbonyl (C=O) groups is 3. The second-order valence-corrected chi connectivity index (χ2v) is 20.5. The number of hydrogen-bond acceptors (Lipinski definition) is 6. The Hall–Kier alpha value is -5.49. The summed E-state index contributed by atoms with van der Waals surface area (Å²) in [5.41, 5.74) is 0. The second-order valence-electron chi connectivity index (χ2n) is 20.5. The Balaban J connectivity index is 4.50. The Bertz CT molecular complexity index is 1900. The van der Waals surface area contributed by atoms with E-state index in [9.17, 15) is 14.4 Å². The minimum absolute atomic E-state index is 0.115. The topological polar surface area (TPSA) is 78.9 Å². The zero-order valence-electron chi connectivity index (χ0n) is 51.7. The first-order valence-electron chi connectivity index (χ1n) is 32.3. The van der Waals surface area contributed by atoms with Crippen molar-refractivity contribution in [2.75, 3.05) is 13.2 Å². The first kappa shape index (κ1) is 75.5. The van der Waals surface area contributed by atoms with E-state index in [0.29, 0.717) is 12.8 Å². The van der Waals surface area contributed by atoms with Gasteiger partial charge in [-0.05, 0) is 148 Å². The highest BCUT2D eigenvalue weighted by molar-refractivity contribution is 5.71. The average Bonchev–Trinajstić information content (AvgIpc) is 3.47. The van der Waals surface area contributed by atoms with E-state index in [1.807, 2.05) is 0 Å². The number of unbranched alkanes of at least 4 members (excludes halogenated alkanes) is 15. The van der Waals surface area contributed by atoms with Gasteiger partial charge in [-0.1, -0.05) is 267 Å². The molecule has 0 heterocycles. The molecule has 452 valence electrons. The summed E-state index contributed by atoms with van der Waals surface area (Å²) in [4.78, 5) is 38.4. The van der Waals surface area contributed by atoms with E-state index >= 15 is 0 Å². The Morgan fingerprint density at radius 2 is 0.457 bits per heavy atom. The van der Waals surface area contributed by atoms with Gasteiger partial charge in [-0.15, -0.1) is 0 Å². The Morgan fingerprint density at radius 3 is 0.741 bits per heavy atom. The van der Waals surface area contributed by atoms with Crippen molar-refractivity contribution in [2.24, 2.45) is 0 Å². The van der Waals surface area contributed by atoms with Gasteiger partial charge >= 0.3 is 17.9 Å². The van der Waals surface area contributed by atoms with Crippen LogP contribution >= 0.6 is 0 Å². The lowest BCUT2D eigenvalue weighted by Crippen LogP contribution is -2.30. The van der Waals surface area contributed by atoms with Crippen molar-refractivity contribution >= 4 is 17.9 Å². The van der Waals surface area contributed by atoms with Crippen LogP contribution in [0.25, 0.3) is 0 Å². The maximum atomic E-state index is 12.9. The van der Waals surface area contributed by atoms with Crippen LogP contribution in [0.2, 0.25) is 0 Å². The summed E-state index contributed by atoms with van der Waals surface area (Å²) in [6.45, 7) is 6.22. The number of rotatable bonds is 56. The van der Waals surface area contributed by atoms with Crippen molar-refractivity contribution < 1.29 is 28.6 Å². The fraction of sp³-hybridized carbons (Fsp3) is 0.560. The highest BCUT2D eigenvalue weighted by atomic mass is 16.6. The molecule has 6 nitrogen and oxygen atoms in total. The first-order valence-corrected chi connectivity index (χ1v) is 32.3. The molecule has 0 amide bonds. The van der Waals surface area contributed by atoms with Gasteiger partial charge < -0.3 is 14.2 Å². The molecule has 0 aliphatic rings. The third-order valence-electron chi connectivity index (χ3n) is 12.9. The fourth-order valence-electron chi connectivity index (χ4n) is 8.18. The van der Waals surface area contributed by atoms with Gasteiger partial charge in [0.1, 0.15) is 13.2 Å². The van der Waals surface area contributed by atoms with Gasteiger partial charge in [-0.25, -0.2) is 0 Å². The van der Waals surface area contributed by atoms with Crippen molar-refractivity contribution in [3.8, 4) is 0 Å². The molecular weight excluding hydrogens is 997 g/mol. The third kappa shape index (κ3) is 65.2. The maximum absolute atomic E-state index is 12.9. The average molecular weight is 1110 g/mol. The number of esters is 3. The summed E-state index contributed by atoms with van der Waals surface area (Å²) in [7, 11) is 0. The lowest BCUT2D eigenvalue weighted by atomic mass is 10.1. The van der Waals surface area contributed by atoms with Crippen molar-refractivity contribution in [3.05, 3.63) is 182 Å². The molecule has 0 aromatic carbocycles. The lowest BCUT2D eigenvalue weighted by Gasteiger charge is -2.18. The summed E-state index contributed by atoms with van der Waals surface area (Å²) in [5.74, 6) is -1.00.